The van der Waals surface area contributed by atoms with Crippen molar-refractivity contribution in [2.45, 2.75) is 10.9 Å². The maximum absolute atomic E-state index is 12.6. The van der Waals surface area contributed by atoms with E-state index in [2.05, 4.69) is 9.97 Å². The summed E-state index contributed by atoms with van der Waals surface area (Å²) < 4.78 is 0. The van der Waals surface area contributed by atoms with Gasteiger partial charge in [-0.05, 0) is 23.3 Å². The number of nitrogens with zero attached hydrogens (tertiary/aromatic N) is 1. The number of benzene rings is 2. The van der Waals surface area contributed by atoms with E-state index in [1.807, 2.05) is 47.8 Å². The predicted molar refractivity (Wildman–Crippen MR) is 112 cm³/mol. The van der Waals surface area contributed by atoms with Crippen LogP contribution in [-0.2, 0) is 5.75 Å². The summed E-state index contributed by atoms with van der Waals surface area (Å²) in [7, 11) is 0. The second kappa shape index (κ2) is 7.45. The van der Waals surface area contributed by atoms with Crippen LogP contribution in [0.3, 0.4) is 0 Å². The molecule has 2 heterocycles. The third-order valence-corrected chi connectivity index (χ3v) is 6.42. The Morgan fingerprint density at radius 3 is 2.65 bits per heavy atom. The van der Waals surface area contributed by atoms with Gasteiger partial charge in [0.1, 0.15) is 4.83 Å². The van der Waals surface area contributed by atoms with Gasteiger partial charge in [-0.3, -0.25) is 4.79 Å². The number of rotatable bonds is 4. The number of hydrogen-bond donors (Lipinski definition) is 1. The molecule has 0 bridgehead atoms. The van der Waals surface area contributed by atoms with E-state index >= 15 is 0 Å². The minimum Gasteiger partial charge on any atom is -0.301 e. The predicted octanol–water partition coefficient (Wildman–Crippen LogP) is 6.25. The molecule has 0 saturated carbocycles. The maximum atomic E-state index is 12.6. The Labute approximate surface area is 168 Å². The minimum absolute atomic E-state index is 0.119. The van der Waals surface area contributed by atoms with Crippen LogP contribution in [0.15, 0.2) is 63.9 Å². The zero-order chi connectivity index (χ0) is 18.1. The summed E-state index contributed by atoms with van der Waals surface area (Å²) in [5, 5.41) is 4.26. The number of fused-ring (bicyclic) bond motifs is 1. The standard InChI is InChI=1S/C19H12Cl2N2OS2/c20-14-7-6-11(8-15(14)21)9-26-19-22-17(24)16-13(10-25-18(16)23-19)12-4-2-1-3-5-12/h1-8,10H,9H2,(H,22,23,24). The van der Waals surface area contributed by atoms with Crippen LogP contribution in [0.2, 0.25) is 10.0 Å². The van der Waals surface area contributed by atoms with Gasteiger partial charge in [-0.1, -0.05) is 71.4 Å². The minimum atomic E-state index is -0.119. The summed E-state index contributed by atoms with van der Waals surface area (Å²) >= 11 is 14.9. The van der Waals surface area contributed by atoms with Crippen LogP contribution in [-0.4, -0.2) is 9.97 Å². The van der Waals surface area contributed by atoms with Crippen LogP contribution < -0.4 is 5.56 Å². The van der Waals surface area contributed by atoms with Crippen molar-refractivity contribution in [3.8, 4) is 11.1 Å². The van der Waals surface area contributed by atoms with Crippen molar-refractivity contribution in [3.05, 3.63) is 79.9 Å². The molecule has 0 aliphatic carbocycles. The van der Waals surface area contributed by atoms with Crippen molar-refractivity contribution >= 4 is 56.5 Å². The van der Waals surface area contributed by atoms with E-state index in [4.69, 9.17) is 23.2 Å². The topological polar surface area (TPSA) is 45.8 Å². The number of hydrogen-bond acceptors (Lipinski definition) is 4. The van der Waals surface area contributed by atoms with E-state index < -0.39 is 0 Å². The van der Waals surface area contributed by atoms with Gasteiger partial charge in [0.2, 0.25) is 0 Å². The molecule has 0 atom stereocenters. The summed E-state index contributed by atoms with van der Waals surface area (Å²) in [6.45, 7) is 0. The van der Waals surface area contributed by atoms with E-state index in [1.165, 1.54) is 23.1 Å². The SMILES string of the molecule is O=c1[nH]c(SCc2ccc(Cl)c(Cl)c2)nc2scc(-c3ccccc3)c12. The van der Waals surface area contributed by atoms with Gasteiger partial charge in [0.25, 0.3) is 5.56 Å². The Bertz CT molecular complexity index is 1140. The Morgan fingerprint density at radius 1 is 1.08 bits per heavy atom. The third-order valence-electron chi connectivity index (χ3n) is 3.87. The second-order valence-corrected chi connectivity index (χ2v) is 8.24. The molecule has 0 saturated heterocycles. The molecule has 2 aromatic heterocycles. The van der Waals surface area contributed by atoms with E-state index in [0.717, 1.165) is 21.5 Å². The fourth-order valence-electron chi connectivity index (χ4n) is 2.61. The van der Waals surface area contributed by atoms with Crippen LogP contribution >= 0.6 is 46.3 Å². The lowest BCUT2D eigenvalue weighted by atomic mass is 10.1. The molecule has 0 aliphatic rings. The van der Waals surface area contributed by atoms with E-state index in [9.17, 15) is 4.79 Å². The molecular weight excluding hydrogens is 407 g/mol. The van der Waals surface area contributed by atoms with E-state index in [-0.39, 0.29) is 5.56 Å². The highest BCUT2D eigenvalue weighted by molar-refractivity contribution is 7.98. The largest absolute Gasteiger partial charge is 0.301 e. The van der Waals surface area contributed by atoms with Gasteiger partial charge in [0, 0.05) is 16.7 Å². The molecular formula is C19H12Cl2N2OS2. The fraction of sp³-hybridized carbons (Fsp3) is 0.0526. The van der Waals surface area contributed by atoms with Crippen molar-refractivity contribution in [2.75, 3.05) is 0 Å². The number of H-pyrrole nitrogens is 1. The second-order valence-electron chi connectivity index (χ2n) is 5.60. The van der Waals surface area contributed by atoms with E-state index in [0.29, 0.717) is 26.3 Å². The first-order valence-corrected chi connectivity index (χ1v) is 10.4. The van der Waals surface area contributed by atoms with Crippen molar-refractivity contribution in [3.63, 3.8) is 0 Å². The molecule has 0 amide bonds. The van der Waals surface area contributed by atoms with Crippen LogP contribution in [0, 0.1) is 0 Å². The van der Waals surface area contributed by atoms with Crippen LogP contribution in [0.5, 0.6) is 0 Å². The van der Waals surface area contributed by atoms with Gasteiger partial charge in [-0.2, -0.15) is 0 Å². The summed E-state index contributed by atoms with van der Waals surface area (Å²) in [5.74, 6) is 0.641. The van der Waals surface area contributed by atoms with Gasteiger partial charge in [0.15, 0.2) is 5.16 Å². The van der Waals surface area contributed by atoms with Crippen LogP contribution in [0.4, 0.5) is 0 Å². The average molecular weight is 419 g/mol. The Kier molecular flexibility index (Phi) is 5.05. The molecule has 0 radical (unpaired) electrons. The average Bonchev–Trinajstić information content (AvgIpc) is 3.08. The highest BCUT2D eigenvalue weighted by Gasteiger charge is 2.13. The first-order chi connectivity index (χ1) is 12.6. The number of aromatic amines is 1. The molecule has 2 aromatic carbocycles. The summed E-state index contributed by atoms with van der Waals surface area (Å²) in [6, 6.07) is 15.4. The monoisotopic (exact) mass is 418 g/mol. The van der Waals surface area contributed by atoms with Crippen LogP contribution in [0.25, 0.3) is 21.3 Å². The highest BCUT2D eigenvalue weighted by atomic mass is 35.5. The first-order valence-electron chi connectivity index (χ1n) is 7.75. The molecule has 7 heteroatoms. The zero-order valence-corrected chi connectivity index (χ0v) is 16.5. The Morgan fingerprint density at radius 2 is 1.88 bits per heavy atom. The summed E-state index contributed by atoms with van der Waals surface area (Å²) in [5.41, 5.74) is 2.83. The zero-order valence-electron chi connectivity index (χ0n) is 13.3. The molecule has 4 aromatic rings. The molecule has 0 fully saturated rings. The number of nitrogens with one attached hydrogen (secondary N) is 1. The summed E-state index contributed by atoms with van der Waals surface area (Å²) in [6.07, 6.45) is 0. The Hall–Kier alpha value is -1.79. The lowest BCUT2D eigenvalue weighted by molar-refractivity contribution is 0.980. The maximum Gasteiger partial charge on any atom is 0.260 e. The molecule has 26 heavy (non-hydrogen) atoms. The quantitative estimate of drug-likeness (QED) is 0.314. The highest BCUT2D eigenvalue weighted by Crippen LogP contribution is 2.32. The normalized spacial score (nSPS) is 11.2. The van der Waals surface area contributed by atoms with Gasteiger partial charge in [-0.25, -0.2) is 4.98 Å². The van der Waals surface area contributed by atoms with Crippen molar-refractivity contribution < 1.29 is 0 Å². The van der Waals surface area contributed by atoms with Gasteiger partial charge in [0.05, 0.1) is 15.4 Å². The Balaban J connectivity index is 1.64. The first kappa shape index (κ1) is 17.6. The van der Waals surface area contributed by atoms with Crippen molar-refractivity contribution in [1.82, 2.24) is 9.97 Å². The van der Waals surface area contributed by atoms with Gasteiger partial charge < -0.3 is 4.98 Å². The number of thioether (sulfide) groups is 1. The van der Waals surface area contributed by atoms with Gasteiger partial charge >= 0.3 is 0 Å². The van der Waals surface area contributed by atoms with Crippen molar-refractivity contribution in [2.24, 2.45) is 0 Å². The van der Waals surface area contributed by atoms with Gasteiger partial charge in [-0.15, -0.1) is 11.3 Å². The van der Waals surface area contributed by atoms with Crippen molar-refractivity contribution in [1.29, 1.82) is 0 Å². The molecule has 130 valence electrons. The molecule has 1 N–H and O–H groups in total. The lowest BCUT2D eigenvalue weighted by Crippen LogP contribution is -2.08. The molecule has 0 spiro atoms. The third kappa shape index (κ3) is 3.53. The lowest BCUT2D eigenvalue weighted by Gasteiger charge is -2.04. The van der Waals surface area contributed by atoms with Crippen LogP contribution in [0.1, 0.15) is 5.56 Å². The summed E-state index contributed by atoms with van der Waals surface area (Å²) in [4.78, 5) is 20.9. The van der Waals surface area contributed by atoms with E-state index in [1.54, 1.807) is 6.07 Å². The number of aromatic nitrogens is 2. The fourth-order valence-corrected chi connectivity index (χ4v) is 4.74. The smallest absolute Gasteiger partial charge is 0.260 e. The number of halogens is 2. The molecule has 3 nitrogen and oxygen atoms in total. The molecule has 0 unspecified atom stereocenters. The number of thiophene rings is 1. The molecule has 4 rings (SSSR count). The molecule has 0 aliphatic heterocycles.